The summed E-state index contributed by atoms with van der Waals surface area (Å²) < 4.78 is 0.861. The lowest BCUT2D eigenvalue weighted by Crippen LogP contribution is -2.42. The number of rotatable bonds is 3. The Morgan fingerprint density at radius 2 is 2.40 bits per heavy atom. The van der Waals surface area contributed by atoms with E-state index in [1.165, 1.54) is 0 Å². The average Bonchev–Trinajstić information content (AvgIpc) is 2.19. The van der Waals surface area contributed by atoms with Gasteiger partial charge in [0.15, 0.2) is 5.72 Å². The molecule has 5 heteroatoms. The lowest BCUT2D eigenvalue weighted by atomic mass is 10.1. The van der Waals surface area contributed by atoms with Crippen LogP contribution in [0.25, 0.3) is 0 Å². The lowest BCUT2D eigenvalue weighted by molar-refractivity contribution is 0.0737. The van der Waals surface area contributed by atoms with E-state index in [4.69, 9.17) is 0 Å². The molecule has 0 spiro atoms. The number of aliphatic imine (C=N–C) groups is 1. The smallest absolute Gasteiger partial charge is 0.175 e. The number of hydrogen-bond acceptors (Lipinski definition) is 3. The van der Waals surface area contributed by atoms with Crippen LogP contribution in [0.1, 0.15) is 13.8 Å². The molecular weight excluding hydrogens is 258 g/mol. The van der Waals surface area contributed by atoms with Crippen molar-refractivity contribution in [1.29, 1.82) is 0 Å². The Hall–Kier alpha value is -0.810. The summed E-state index contributed by atoms with van der Waals surface area (Å²) in [4.78, 5) is 6.17. The zero-order valence-electron chi connectivity index (χ0n) is 9.16. The molecule has 1 atom stereocenters. The molecule has 0 aromatic heterocycles. The van der Waals surface area contributed by atoms with Gasteiger partial charge in [0.05, 0.1) is 12.0 Å². The van der Waals surface area contributed by atoms with Gasteiger partial charge in [0.25, 0.3) is 0 Å². The van der Waals surface area contributed by atoms with E-state index in [9.17, 15) is 5.11 Å². The van der Waals surface area contributed by atoms with Gasteiger partial charge in [-0.1, -0.05) is 0 Å². The van der Waals surface area contributed by atoms with Gasteiger partial charge in [-0.15, -0.1) is 0 Å². The second-order valence-corrected chi connectivity index (χ2v) is 4.51. The molecule has 0 saturated heterocycles. The molecule has 0 aromatic carbocycles. The van der Waals surface area contributed by atoms with E-state index in [-0.39, 0.29) is 0 Å². The Kier molecular flexibility index (Phi) is 3.93. The Morgan fingerprint density at radius 3 is 3.00 bits per heavy atom. The van der Waals surface area contributed by atoms with Crippen molar-refractivity contribution in [3.05, 3.63) is 22.5 Å². The molecule has 84 valence electrons. The highest BCUT2D eigenvalue weighted by molar-refractivity contribution is 9.11. The molecule has 4 nitrogen and oxygen atoms in total. The average molecular weight is 274 g/mol. The van der Waals surface area contributed by atoms with Crippen LogP contribution in [0.2, 0.25) is 0 Å². The van der Waals surface area contributed by atoms with Gasteiger partial charge in [0.2, 0.25) is 0 Å². The fourth-order valence-corrected chi connectivity index (χ4v) is 1.33. The van der Waals surface area contributed by atoms with Crippen molar-refractivity contribution in [3.8, 4) is 0 Å². The van der Waals surface area contributed by atoms with Crippen LogP contribution < -0.4 is 5.32 Å². The van der Waals surface area contributed by atoms with Crippen LogP contribution >= 0.6 is 15.9 Å². The largest absolute Gasteiger partial charge is 0.366 e. The first-order chi connectivity index (χ1) is 6.95. The monoisotopic (exact) mass is 273 g/mol. The molecule has 0 amide bonds. The normalized spacial score (nSPS) is 25.9. The van der Waals surface area contributed by atoms with Crippen LogP contribution in [0.3, 0.4) is 0 Å². The predicted molar refractivity (Wildman–Crippen MR) is 65.6 cm³/mol. The van der Waals surface area contributed by atoms with Crippen LogP contribution in [0, 0.1) is 0 Å². The van der Waals surface area contributed by atoms with Gasteiger partial charge < -0.3 is 15.3 Å². The van der Waals surface area contributed by atoms with E-state index in [0.717, 1.165) is 11.0 Å². The molecular formula is C10H16BrN3O. The predicted octanol–water partition coefficient (Wildman–Crippen LogP) is 1.40. The van der Waals surface area contributed by atoms with E-state index in [1.54, 1.807) is 25.5 Å². The maximum atomic E-state index is 9.96. The third kappa shape index (κ3) is 3.35. The zero-order chi connectivity index (χ0) is 11.5. The number of hydrogen-bond donors (Lipinski definition) is 2. The highest BCUT2D eigenvalue weighted by Gasteiger charge is 2.26. The molecule has 0 bridgehead atoms. The van der Waals surface area contributed by atoms with Crippen molar-refractivity contribution in [3.63, 3.8) is 0 Å². The molecule has 1 heterocycles. The minimum Gasteiger partial charge on any atom is -0.366 e. The zero-order valence-corrected chi connectivity index (χ0v) is 10.7. The highest BCUT2D eigenvalue weighted by Crippen LogP contribution is 2.23. The van der Waals surface area contributed by atoms with E-state index < -0.39 is 5.72 Å². The molecule has 0 aromatic rings. The maximum Gasteiger partial charge on any atom is 0.175 e. The van der Waals surface area contributed by atoms with Gasteiger partial charge in [-0.25, -0.2) is 4.99 Å². The molecule has 0 saturated carbocycles. The first kappa shape index (κ1) is 12.3. The van der Waals surface area contributed by atoms with Gasteiger partial charge in [-0.3, -0.25) is 0 Å². The first-order valence-electron chi connectivity index (χ1n) is 4.78. The number of halogens is 1. The molecule has 0 aliphatic carbocycles. The fraction of sp³-hybridized carbons (Fsp3) is 0.500. The number of nitrogens with one attached hydrogen (secondary N) is 1. The lowest BCUT2D eigenvalue weighted by Gasteiger charge is -2.27. The summed E-state index contributed by atoms with van der Waals surface area (Å²) in [7, 11) is 1.93. The number of aliphatic hydroxyl groups is 1. The molecule has 0 radical (unpaired) electrons. The van der Waals surface area contributed by atoms with E-state index in [2.05, 4.69) is 26.2 Å². The summed E-state index contributed by atoms with van der Waals surface area (Å²) in [6, 6.07) is 0. The number of allylic oxidation sites excluding steroid dienone is 2. The van der Waals surface area contributed by atoms with Gasteiger partial charge in [-0.05, 0) is 35.9 Å². The van der Waals surface area contributed by atoms with Crippen LogP contribution in [0.15, 0.2) is 27.4 Å². The Morgan fingerprint density at radius 1 is 1.73 bits per heavy atom. The van der Waals surface area contributed by atoms with Gasteiger partial charge in [-0.2, -0.15) is 0 Å². The van der Waals surface area contributed by atoms with Crippen LogP contribution in [-0.2, 0) is 0 Å². The fourth-order valence-electron chi connectivity index (χ4n) is 1.00. The van der Waals surface area contributed by atoms with Crippen LogP contribution in [0.4, 0.5) is 0 Å². The van der Waals surface area contributed by atoms with E-state index >= 15 is 0 Å². The topological polar surface area (TPSA) is 47.9 Å². The second-order valence-electron chi connectivity index (χ2n) is 3.59. The van der Waals surface area contributed by atoms with Crippen molar-refractivity contribution < 1.29 is 5.11 Å². The Bertz CT molecular complexity index is 321. The molecule has 1 aliphatic heterocycles. The third-order valence-electron chi connectivity index (χ3n) is 2.16. The van der Waals surface area contributed by atoms with Crippen molar-refractivity contribution in [2.24, 2.45) is 4.99 Å². The molecule has 1 unspecified atom stereocenters. The summed E-state index contributed by atoms with van der Waals surface area (Å²) in [6.45, 7) is 4.58. The Labute approximate surface area is 98.5 Å². The number of dihydropyridines is 1. The standard InChI is InChI=1S/C10H16BrN3O/c1-4-14(3)7-12-9-5-8(11)6-13-10(9,2)15/h5-7,13,15H,4H2,1-3H3. The van der Waals surface area contributed by atoms with Gasteiger partial charge in [0, 0.05) is 24.3 Å². The van der Waals surface area contributed by atoms with Crippen molar-refractivity contribution in [2.75, 3.05) is 13.6 Å². The molecule has 1 rings (SSSR count). The molecule has 0 fully saturated rings. The minimum absolute atomic E-state index is 0.581. The Balaban J connectivity index is 2.82. The minimum atomic E-state index is -1.11. The highest BCUT2D eigenvalue weighted by atomic mass is 79.9. The maximum absolute atomic E-state index is 9.96. The van der Waals surface area contributed by atoms with E-state index in [1.807, 2.05) is 18.9 Å². The van der Waals surface area contributed by atoms with E-state index in [0.29, 0.717) is 5.70 Å². The summed E-state index contributed by atoms with van der Waals surface area (Å²) >= 11 is 3.33. The summed E-state index contributed by atoms with van der Waals surface area (Å²) in [5.74, 6) is 0. The molecule has 1 aliphatic rings. The summed E-state index contributed by atoms with van der Waals surface area (Å²) in [5, 5.41) is 12.8. The summed E-state index contributed by atoms with van der Waals surface area (Å²) in [5.41, 5.74) is -0.528. The first-order valence-corrected chi connectivity index (χ1v) is 5.57. The van der Waals surface area contributed by atoms with Crippen molar-refractivity contribution >= 4 is 22.3 Å². The number of nitrogens with zero attached hydrogens (tertiary/aromatic N) is 2. The van der Waals surface area contributed by atoms with Gasteiger partial charge in [0.1, 0.15) is 0 Å². The molecule has 2 N–H and O–H groups in total. The SMILES string of the molecule is CCN(C)C=NC1=CC(Br)=CNC1(C)O. The summed E-state index contributed by atoms with van der Waals surface area (Å²) in [6.07, 6.45) is 5.19. The van der Waals surface area contributed by atoms with Crippen LogP contribution in [0.5, 0.6) is 0 Å². The second kappa shape index (κ2) is 4.81. The van der Waals surface area contributed by atoms with Gasteiger partial charge >= 0.3 is 0 Å². The van der Waals surface area contributed by atoms with Crippen molar-refractivity contribution in [1.82, 2.24) is 10.2 Å². The van der Waals surface area contributed by atoms with Crippen molar-refractivity contribution in [2.45, 2.75) is 19.6 Å². The third-order valence-corrected chi connectivity index (χ3v) is 2.62. The van der Waals surface area contributed by atoms with Crippen LogP contribution in [-0.4, -0.2) is 35.7 Å². The molecule has 15 heavy (non-hydrogen) atoms. The quantitative estimate of drug-likeness (QED) is 0.604.